The summed E-state index contributed by atoms with van der Waals surface area (Å²) in [5.41, 5.74) is 0.958. The van der Waals surface area contributed by atoms with E-state index >= 15 is 0 Å². The lowest BCUT2D eigenvalue weighted by Crippen LogP contribution is -2.06. The standard InChI is InChI=1S/C17H15NO5S/c1-20-12-5-6-14(21-2)11(8-12)9-23-17(19)13-10-24-16(18-13)15-4-3-7-22-15/h3-8,10H,9H2,1-2H3. The van der Waals surface area contributed by atoms with E-state index in [0.29, 0.717) is 27.8 Å². The molecule has 0 aliphatic heterocycles. The van der Waals surface area contributed by atoms with Crippen LogP contribution >= 0.6 is 11.3 Å². The first-order chi connectivity index (χ1) is 11.7. The Hall–Kier alpha value is -2.80. The van der Waals surface area contributed by atoms with Crippen LogP contribution in [-0.2, 0) is 11.3 Å². The number of rotatable bonds is 6. The number of ether oxygens (including phenoxy) is 3. The molecule has 3 aromatic rings. The fourth-order valence-electron chi connectivity index (χ4n) is 2.09. The van der Waals surface area contributed by atoms with Crippen molar-refractivity contribution in [1.82, 2.24) is 4.98 Å². The molecule has 0 radical (unpaired) electrons. The lowest BCUT2D eigenvalue weighted by atomic mass is 10.2. The molecule has 0 saturated carbocycles. The summed E-state index contributed by atoms with van der Waals surface area (Å²) >= 11 is 1.32. The first kappa shape index (κ1) is 16.1. The summed E-state index contributed by atoms with van der Waals surface area (Å²) in [6, 6.07) is 8.86. The third kappa shape index (κ3) is 3.41. The Bertz CT molecular complexity index is 825. The number of esters is 1. The average Bonchev–Trinajstić information content (AvgIpc) is 3.30. The molecule has 6 nitrogen and oxygen atoms in total. The van der Waals surface area contributed by atoms with Gasteiger partial charge in [-0.3, -0.25) is 0 Å². The molecule has 0 atom stereocenters. The van der Waals surface area contributed by atoms with E-state index in [1.54, 1.807) is 56.2 Å². The van der Waals surface area contributed by atoms with Crippen molar-refractivity contribution in [2.75, 3.05) is 14.2 Å². The van der Waals surface area contributed by atoms with Crippen molar-refractivity contribution in [2.45, 2.75) is 6.61 Å². The number of methoxy groups -OCH3 is 2. The Morgan fingerprint density at radius 2 is 2.12 bits per heavy atom. The number of hydrogen-bond acceptors (Lipinski definition) is 7. The zero-order valence-electron chi connectivity index (χ0n) is 13.1. The van der Waals surface area contributed by atoms with Gasteiger partial charge in [0, 0.05) is 10.9 Å². The summed E-state index contributed by atoms with van der Waals surface area (Å²) in [4.78, 5) is 16.4. The second-order valence-corrected chi connectivity index (χ2v) is 5.63. The predicted molar refractivity (Wildman–Crippen MR) is 88.5 cm³/mol. The highest BCUT2D eigenvalue weighted by Gasteiger charge is 2.16. The highest BCUT2D eigenvalue weighted by Crippen LogP contribution is 2.26. The summed E-state index contributed by atoms with van der Waals surface area (Å²) < 4.78 is 21.0. The van der Waals surface area contributed by atoms with Gasteiger partial charge in [0.05, 0.1) is 20.5 Å². The molecule has 0 fully saturated rings. The van der Waals surface area contributed by atoms with Crippen LogP contribution in [0.4, 0.5) is 0 Å². The molecule has 7 heteroatoms. The van der Waals surface area contributed by atoms with Gasteiger partial charge in [-0.1, -0.05) is 0 Å². The number of hydrogen-bond donors (Lipinski definition) is 0. The topological polar surface area (TPSA) is 70.8 Å². The molecule has 0 spiro atoms. The first-order valence-electron chi connectivity index (χ1n) is 7.08. The van der Waals surface area contributed by atoms with Crippen molar-refractivity contribution in [1.29, 1.82) is 0 Å². The minimum absolute atomic E-state index is 0.0623. The molecule has 24 heavy (non-hydrogen) atoms. The van der Waals surface area contributed by atoms with Crippen molar-refractivity contribution in [3.05, 3.63) is 53.2 Å². The predicted octanol–water partition coefficient (Wildman–Crippen LogP) is 3.78. The van der Waals surface area contributed by atoms with Crippen molar-refractivity contribution in [2.24, 2.45) is 0 Å². The molecule has 0 amide bonds. The molecule has 2 heterocycles. The second kappa shape index (κ2) is 7.18. The normalized spacial score (nSPS) is 10.4. The number of carbonyl (C=O) groups excluding carboxylic acids is 1. The van der Waals surface area contributed by atoms with Gasteiger partial charge in [0.15, 0.2) is 16.5 Å². The highest BCUT2D eigenvalue weighted by atomic mass is 32.1. The maximum Gasteiger partial charge on any atom is 0.358 e. The third-order valence-corrected chi connectivity index (χ3v) is 4.15. The summed E-state index contributed by atoms with van der Waals surface area (Å²) in [6.45, 7) is 0.0623. The largest absolute Gasteiger partial charge is 0.497 e. The van der Waals surface area contributed by atoms with Crippen molar-refractivity contribution in [3.8, 4) is 22.3 Å². The van der Waals surface area contributed by atoms with Crippen LogP contribution in [0.1, 0.15) is 16.1 Å². The zero-order chi connectivity index (χ0) is 16.9. The van der Waals surface area contributed by atoms with Crippen molar-refractivity contribution >= 4 is 17.3 Å². The van der Waals surface area contributed by atoms with Gasteiger partial charge in [-0.05, 0) is 30.3 Å². The average molecular weight is 345 g/mol. The van der Waals surface area contributed by atoms with Gasteiger partial charge < -0.3 is 18.6 Å². The van der Waals surface area contributed by atoms with Gasteiger partial charge >= 0.3 is 5.97 Å². The fraction of sp³-hybridized carbons (Fsp3) is 0.176. The molecule has 0 aliphatic carbocycles. The minimum atomic E-state index is -0.506. The monoisotopic (exact) mass is 345 g/mol. The number of carbonyl (C=O) groups is 1. The van der Waals surface area contributed by atoms with Crippen molar-refractivity contribution < 1.29 is 23.4 Å². The second-order valence-electron chi connectivity index (χ2n) is 4.77. The van der Waals surface area contributed by atoms with Gasteiger partial charge in [0.2, 0.25) is 0 Å². The molecular weight excluding hydrogens is 330 g/mol. The van der Waals surface area contributed by atoms with Crippen LogP contribution < -0.4 is 9.47 Å². The molecule has 3 rings (SSSR count). The van der Waals surface area contributed by atoms with Crippen molar-refractivity contribution in [3.63, 3.8) is 0 Å². The molecule has 0 unspecified atom stereocenters. The van der Waals surface area contributed by atoms with Crippen LogP contribution in [0.15, 0.2) is 46.4 Å². The number of benzene rings is 1. The van der Waals surface area contributed by atoms with Gasteiger partial charge in [0.1, 0.15) is 18.1 Å². The Kier molecular flexibility index (Phi) is 4.81. The molecule has 1 aromatic carbocycles. The number of furan rings is 1. The summed E-state index contributed by atoms with van der Waals surface area (Å²) in [5.74, 6) is 1.40. The molecule has 0 aliphatic rings. The van der Waals surface area contributed by atoms with E-state index in [2.05, 4.69) is 4.98 Å². The Morgan fingerprint density at radius 3 is 2.83 bits per heavy atom. The Morgan fingerprint density at radius 1 is 1.25 bits per heavy atom. The van der Waals surface area contributed by atoms with E-state index in [1.807, 2.05) is 0 Å². The van der Waals surface area contributed by atoms with Crippen LogP contribution in [0.2, 0.25) is 0 Å². The third-order valence-electron chi connectivity index (χ3n) is 3.29. The van der Waals surface area contributed by atoms with Crippen LogP contribution in [0.25, 0.3) is 10.8 Å². The first-order valence-corrected chi connectivity index (χ1v) is 7.96. The zero-order valence-corrected chi connectivity index (χ0v) is 14.0. The van der Waals surface area contributed by atoms with Gasteiger partial charge in [-0.25, -0.2) is 9.78 Å². The Labute approximate surface area is 142 Å². The number of nitrogens with zero attached hydrogens (tertiary/aromatic N) is 1. The van der Waals surface area contributed by atoms with E-state index in [1.165, 1.54) is 11.3 Å². The lowest BCUT2D eigenvalue weighted by Gasteiger charge is -2.10. The van der Waals surface area contributed by atoms with E-state index in [0.717, 1.165) is 0 Å². The molecule has 2 aromatic heterocycles. The Balaban J connectivity index is 1.70. The number of thiazole rings is 1. The van der Waals surface area contributed by atoms with Crippen LogP contribution in [0.3, 0.4) is 0 Å². The maximum atomic E-state index is 12.2. The van der Waals surface area contributed by atoms with E-state index < -0.39 is 5.97 Å². The summed E-state index contributed by atoms with van der Waals surface area (Å²) in [5, 5.41) is 2.27. The molecule has 0 saturated heterocycles. The lowest BCUT2D eigenvalue weighted by molar-refractivity contribution is 0.0464. The van der Waals surface area contributed by atoms with Gasteiger partial charge in [-0.15, -0.1) is 11.3 Å². The molecule has 0 N–H and O–H groups in total. The quantitative estimate of drug-likeness (QED) is 0.633. The van der Waals surface area contributed by atoms with Crippen LogP contribution in [0.5, 0.6) is 11.5 Å². The minimum Gasteiger partial charge on any atom is -0.497 e. The van der Waals surface area contributed by atoms with E-state index in [9.17, 15) is 4.79 Å². The highest BCUT2D eigenvalue weighted by molar-refractivity contribution is 7.13. The number of aromatic nitrogens is 1. The van der Waals surface area contributed by atoms with Gasteiger partial charge in [-0.2, -0.15) is 0 Å². The van der Waals surface area contributed by atoms with Gasteiger partial charge in [0.25, 0.3) is 0 Å². The van der Waals surface area contributed by atoms with E-state index in [4.69, 9.17) is 18.6 Å². The van der Waals surface area contributed by atoms with E-state index in [-0.39, 0.29) is 12.3 Å². The molecule has 124 valence electrons. The summed E-state index contributed by atoms with van der Waals surface area (Å²) in [7, 11) is 3.13. The molecule has 0 bridgehead atoms. The SMILES string of the molecule is COc1ccc(OC)c(COC(=O)c2csc(-c3ccco3)n2)c1. The maximum absolute atomic E-state index is 12.2. The van der Waals surface area contributed by atoms with Crippen LogP contribution in [0, 0.1) is 0 Å². The fourth-order valence-corrected chi connectivity index (χ4v) is 2.85. The smallest absolute Gasteiger partial charge is 0.358 e. The van der Waals surface area contributed by atoms with Crippen LogP contribution in [-0.4, -0.2) is 25.2 Å². The summed E-state index contributed by atoms with van der Waals surface area (Å²) in [6.07, 6.45) is 1.56. The molecular formula is C17H15NO5S.